The molecule has 0 spiro atoms. The average molecular weight is 231 g/mol. The second-order valence-corrected chi connectivity index (χ2v) is 4.83. The first kappa shape index (κ1) is 11.9. The zero-order chi connectivity index (χ0) is 11.0. The predicted molar refractivity (Wildman–Crippen MR) is 64.8 cm³/mol. The van der Waals surface area contributed by atoms with E-state index in [9.17, 15) is 0 Å². The first-order valence-electron chi connectivity index (χ1n) is 4.82. The van der Waals surface area contributed by atoms with E-state index in [2.05, 4.69) is 20.8 Å². The second-order valence-electron chi connectivity index (χ2n) is 4.07. The molecule has 1 aromatic rings. The third kappa shape index (κ3) is 1.78. The lowest BCUT2D eigenvalue weighted by Crippen LogP contribution is -2.00. The maximum absolute atomic E-state index is 6.17. The summed E-state index contributed by atoms with van der Waals surface area (Å²) in [5, 5.41) is 1.41. The summed E-state index contributed by atoms with van der Waals surface area (Å²) in [5.41, 5.74) is 4.82. The van der Waals surface area contributed by atoms with Crippen LogP contribution in [0.15, 0.2) is 0 Å². The van der Waals surface area contributed by atoms with Crippen LogP contribution >= 0.6 is 23.2 Å². The molecule has 1 aromatic carbocycles. The molecule has 0 aliphatic rings. The topological polar surface area (TPSA) is 0 Å². The molecule has 0 unspecified atom stereocenters. The maximum atomic E-state index is 6.17. The van der Waals surface area contributed by atoms with Gasteiger partial charge >= 0.3 is 0 Å². The third-order valence-electron chi connectivity index (χ3n) is 2.80. The van der Waals surface area contributed by atoms with E-state index in [1.54, 1.807) is 0 Å². The average Bonchev–Trinajstić information content (AvgIpc) is 2.11. The molecule has 0 aliphatic heterocycles. The molecule has 0 nitrogen and oxygen atoms in total. The van der Waals surface area contributed by atoms with Crippen molar-refractivity contribution in [1.29, 1.82) is 0 Å². The maximum Gasteiger partial charge on any atom is 0.0627 e. The Morgan fingerprint density at radius 1 is 0.786 bits per heavy atom. The van der Waals surface area contributed by atoms with Gasteiger partial charge in [-0.05, 0) is 48.9 Å². The van der Waals surface area contributed by atoms with Gasteiger partial charge < -0.3 is 0 Å². The standard InChI is InChI=1S/C12H16Cl2/c1-6(2)10-7(3)8(4)11(13)12(14)9(10)5/h6H,1-5H3. The van der Waals surface area contributed by atoms with Gasteiger partial charge in [-0.3, -0.25) is 0 Å². The number of hydrogen-bond donors (Lipinski definition) is 0. The van der Waals surface area contributed by atoms with E-state index in [1.165, 1.54) is 11.1 Å². The van der Waals surface area contributed by atoms with Crippen molar-refractivity contribution < 1.29 is 0 Å². The van der Waals surface area contributed by atoms with Gasteiger partial charge in [-0.15, -0.1) is 0 Å². The molecular weight excluding hydrogens is 215 g/mol. The molecule has 0 bridgehead atoms. The molecule has 14 heavy (non-hydrogen) atoms. The Kier molecular flexibility index (Phi) is 3.49. The lowest BCUT2D eigenvalue weighted by molar-refractivity contribution is 0.843. The van der Waals surface area contributed by atoms with Gasteiger partial charge in [-0.2, -0.15) is 0 Å². The zero-order valence-electron chi connectivity index (χ0n) is 9.33. The predicted octanol–water partition coefficient (Wildman–Crippen LogP) is 5.04. The highest BCUT2D eigenvalue weighted by Crippen LogP contribution is 2.37. The summed E-state index contributed by atoms with van der Waals surface area (Å²) in [6.07, 6.45) is 0. The molecule has 0 amide bonds. The van der Waals surface area contributed by atoms with Crippen LogP contribution in [0.25, 0.3) is 0 Å². The summed E-state index contributed by atoms with van der Waals surface area (Å²) in [7, 11) is 0. The summed E-state index contributed by atoms with van der Waals surface area (Å²) in [4.78, 5) is 0. The van der Waals surface area contributed by atoms with E-state index in [4.69, 9.17) is 23.2 Å². The summed E-state index contributed by atoms with van der Waals surface area (Å²) in [6.45, 7) is 10.5. The normalized spacial score (nSPS) is 11.1. The number of benzene rings is 1. The Morgan fingerprint density at radius 3 is 1.64 bits per heavy atom. The van der Waals surface area contributed by atoms with Crippen molar-refractivity contribution in [2.45, 2.75) is 40.5 Å². The van der Waals surface area contributed by atoms with E-state index in [-0.39, 0.29) is 0 Å². The van der Waals surface area contributed by atoms with Crippen LogP contribution in [-0.4, -0.2) is 0 Å². The Labute approximate surface area is 96.2 Å². The Morgan fingerprint density at radius 2 is 1.21 bits per heavy atom. The van der Waals surface area contributed by atoms with Crippen molar-refractivity contribution in [2.75, 3.05) is 0 Å². The van der Waals surface area contributed by atoms with Gasteiger partial charge in [0.05, 0.1) is 10.0 Å². The number of halogens is 2. The molecule has 0 fully saturated rings. The van der Waals surface area contributed by atoms with Crippen molar-refractivity contribution in [1.82, 2.24) is 0 Å². The minimum absolute atomic E-state index is 0.489. The highest BCUT2D eigenvalue weighted by Gasteiger charge is 2.16. The van der Waals surface area contributed by atoms with Crippen LogP contribution < -0.4 is 0 Å². The molecule has 0 N–H and O–H groups in total. The first-order valence-corrected chi connectivity index (χ1v) is 5.58. The second kappa shape index (κ2) is 4.12. The highest BCUT2D eigenvalue weighted by atomic mass is 35.5. The van der Waals surface area contributed by atoms with Gasteiger partial charge in [-0.1, -0.05) is 37.0 Å². The van der Waals surface area contributed by atoms with E-state index >= 15 is 0 Å². The number of rotatable bonds is 1. The molecule has 1 rings (SSSR count). The fourth-order valence-electron chi connectivity index (χ4n) is 1.96. The SMILES string of the molecule is Cc1c(C)c(C(C)C)c(C)c(Cl)c1Cl. The molecule has 0 saturated carbocycles. The minimum Gasteiger partial charge on any atom is -0.0824 e. The Hall–Kier alpha value is -0.200. The highest BCUT2D eigenvalue weighted by molar-refractivity contribution is 6.43. The quantitative estimate of drug-likeness (QED) is 0.634. The largest absolute Gasteiger partial charge is 0.0824 e. The third-order valence-corrected chi connectivity index (χ3v) is 3.84. The lowest BCUT2D eigenvalue weighted by Gasteiger charge is -2.18. The molecule has 0 heterocycles. The molecular formula is C12H16Cl2. The van der Waals surface area contributed by atoms with Crippen LogP contribution in [0.5, 0.6) is 0 Å². The fraction of sp³-hybridized carbons (Fsp3) is 0.500. The fourth-order valence-corrected chi connectivity index (χ4v) is 2.49. The van der Waals surface area contributed by atoms with E-state index in [0.29, 0.717) is 16.0 Å². The molecule has 0 aromatic heterocycles. The molecule has 2 heteroatoms. The van der Waals surface area contributed by atoms with Gasteiger partial charge in [0.2, 0.25) is 0 Å². The van der Waals surface area contributed by atoms with E-state index in [1.807, 2.05) is 13.8 Å². The van der Waals surface area contributed by atoms with Gasteiger partial charge in [0.1, 0.15) is 0 Å². The lowest BCUT2D eigenvalue weighted by atomic mass is 9.90. The summed E-state index contributed by atoms with van der Waals surface area (Å²) < 4.78 is 0. The summed E-state index contributed by atoms with van der Waals surface area (Å²) in [5.74, 6) is 0.489. The van der Waals surface area contributed by atoms with E-state index < -0.39 is 0 Å². The van der Waals surface area contributed by atoms with Gasteiger partial charge in [0.25, 0.3) is 0 Å². The van der Waals surface area contributed by atoms with Crippen molar-refractivity contribution in [3.8, 4) is 0 Å². The van der Waals surface area contributed by atoms with E-state index in [0.717, 1.165) is 11.1 Å². The van der Waals surface area contributed by atoms with Crippen molar-refractivity contribution >= 4 is 23.2 Å². The smallest absolute Gasteiger partial charge is 0.0627 e. The van der Waals surface area contributed by atoms with Crippen LogP contribution in [0.4, 0.5) is 0 Å². The first-order chi connectivity index (χ1) is 6.37. The van der Waals surface area contributed by atoms with Crippen molar-refractivity contribution in [3.63, 3.8) is 0 Å². The van der Waals surface area contributed by atoms with Crippen LogP contribution in [0.2, 0.25) is 10.0 Å². The Balaban J connectivity index is 3.60. The molecule has 0 atom stereocenters. The van der Waals surface area contributed by atoms with Crippen molar-refractivity contribution in [2.24, 2.45) is 0 Å². The van der Waals surface area contributed by atoms with Crippen LogP contribution in [0.1, 0.15) is 42.0 Å². The molecule has 0 aliphatic carbocycles. The molecule has 78 valence electrons. The summed E-state index contributed by atoms with van der Waals surface area (Å²) in [6, 6.07) is 0. The Bertz CT molecular complexity index is 336. The number of hydrogen-bond acceptors (Lipinski definition) is 0. The van der Waals surface area contributed by atoms with Gasteiger partial charge in [0, 0.05) is 0 Å². The monoisotopic (exact) mass is 230 g/mol. The van der Waals surface area contributed by atoms with Gasteiger partial charge in [-0.25, -0.2) is 0 Å². The molecule has 0 saturated heterocycles. The summed E-state index contributed by atoms with van der Waals surface area (Å²) >= 11 is 12.3. The van der Waals surface area contributed by atoms with Crippen molar-refractivity contribution in [3.05, 3.63) is 32.3 Å². The van der Waals surface area contributed by atoms with Gasteiger partial charge in [0.15, 0.2) is 0 Å². The van der Waals surface area contributed by atoms with Crippen LogP contribution in [-0.2, 0) is 0 Å². The zero-order valence-corrected chi connectivity index (χ0v) is 10.8. The molecule has 0 radical (unpaired) electrons. The minimum atomic E-state index is 0.489. The van der Waals surface area contributed by atoms with Crippen LogP contribution in [0, 0.1) is 20.8 Å². The van der Waals surface area contributed by atoms with Crippen LogP contribution in [0.3, 0.4) is 0 Å².